The monoisotopic (exact) mass is 378 g/mol. The number of carbonyl (C=O) groups is 2. The zero-order valence-corrected chi connectivity index (χ0v) is 14.8. The van der Waals surface area contributed by atoms with Gasteiger partial charge in [0.25, 0.3) is 5.91 Å². The molecule has 1 saturated heterocycles. The predicted octanol–water partition coefficient (Wildman–Crippen LogP) is 0.489. The predicted molar refractivity (Wildman–Crippen MR) is 94.6 cm³/mol. The number of benzene rings is 1. The Kier molecular flexibility index (Phi) is 6.54. The van der Waals surface area contributed by atoms with E-state index in [0.717, 1.165) is 6.07 Å². The SMILES string of the molecule is O=C(N[C@@H]1C=C[C@@H](CC(=O)N2CCOCC2)O[C@@H]1CO)c1cccc(F)c1. The summed E-state index contributed by atoms with van der Waals surface area (Å²) in [6.45, 7) is 1.86. The summed E-state index contributed by atoms with van der Waals surface area (Å²) in [4.78, 5) is 26.3. The average molecular weight is 378 g/mol. The summed E-state index contributed by atoms with van der Waals surface area (Å²) >= 11 is 0. The van der Waals surface area contributed by atoms with Gasteiger partial charge in [-0.15, -0.1) is 0 Å². The summed E-state index contributed by atoms with van der Waals surface area (Å²) in [6.07, 6.45) is 2.42. The van der Waals surface area contributed by atoms with Crippen LogP contribution < -0.4 is 5.32 Å². The van der Waals surface area contributed by atoms with Crippen molar-refractivity contribution in [3.63, 3.8) is 0 Å². The highest BCUT2D eigenvalue weighted by molar-refractivity contribution is 5.94. The fourth-order valence-electron chi connectivity index (χ4n) is 3.11. The number of aliphatic hydroxyl groups is 1. The fourth-order valence-corrected chi connectivity index (χ4v) is 3.11. The van der Waals surface area contributed by atoms with Crippen LogP contribution in [0.4, 0.5) is 4.39 Å². The molecular formula is C19H23FN2O5. The minimum atomic E-state index is -0.685. The van der Waals surface area contributed by atoms with Crippen molar-refractivity contribution in [1.82, 2.24) is 10.2 Å². The molecule has 8 heteroatoms. The van der Waals surface area contributed by atoms with E-state index in [-0.39, 0.29) is 24.5 Å². The second-order valence-electron chi connectivity index (χ2n) is 6.49. The van der Waals surface area contributed by atoms with Crippen molar-refractivity contribution in [2.24, 2.45) is 0 Å². The number of nitrogens with zero attached hydrogens (tertiary/aromatic N) is 1. The number of amides is 2. The van der Waals surface area contributed by atoms with E-state index in [4.69, 9.17) is 9.47 Å². The number of morpholine rings is 1. The molecular weight excluding hydrogens is 355 g/mol. The van der Waals surface area contributed by atoms with Crippen molar-refractivity contribution >= 4 is 11.8 Å². The summed E-state index contributed by atoms with van der Waals surface area (Å²) in [6, 6.07) is 4.78. The summed E-state index contributed by atoms with van der Waals surface area (Å²) in [5.74, 6) is -1.00. The van der Waals surface area contributed by atoms with Crippen LogP contribution in [0.5, 0.6) is 0 Å². The van der Waals surface area contributed by atoms with Gasteiger partial charge in [-0.25, -0.2) is 4.39 Å². The number of hydrogen-bond donors (Lipinski definition) is 2. The lowest BCUT2D eigenvalue weighted by Crippen LogP contribution is -2.49. The Morgan fingerprint density at radius 3 is 2.74 bits per heavy atom. The van der Waals surface area contributed by atoms with Gasteiger partial charge in [0.15, 0.2) is 0 Å². The van der Waals surface area contributed by atoms with Crippen LogP contribution in [0.2, 0.25) is 0 Å². The standard InChI is InChI=1S/C19H23FN2O5/c20-14-3-1-2-13(10-14)19(25)21-16-5-4-15(27-17(16)12-23)11-18(24)22-6-8-26-9-7-22/h1-5,10,15-17,23H,6-9,11-12H2,(H,21,25)/t15-,16+,17+/m0/s1. The van der Waals surface area contributed by atoms with E-state index < -0.39 is 30.0 Å². The first kappa shape index (κ1) is 19.5. The van der Waals surface area contributed by atoms with Crippen LogP contribution in [0.15, 0.2) is 36.4 Å². The first-order valence-electron chi connectivity index (χ1n) is 8.93. The first-order chi connectivity index (χ1) is 13.1. The molecule has 0 bridgehead atoms. The van der Waals surface area contributed by atoms with Crippen LogP contribution in [0, 0.1) is 5.82 Å². The molecule has 2 heterocycles. The highest BCUT2D eigenvalue weighted by atomic mass is 19.1. The maximum Gasteiger partial charge on any atom is 0.251 e. The molecule has 27 heavy (non-hydrogen) atoms. The Balaban J connectivity index is 1.59. The van der Waals surface area contributed by atoms with Crippen LogP contribution in [0.25, 0.3) is 0 Å². The third kappa shape index (κ3) is 5.12. The number of carbonyl (C=O) groups excluding carboxylic acids is 2. The number of rotatable bonds is 5. The van der Waals surface area contributed by atoms with E-state index in [1.54, 1.807) is 17.1 Å². The molecule has 0 aliphatic carbocycles. The average Bonchev–Trinajstić information content (AvgIpc) is 2.69. The molecule has 2 aliphatic rings. The van der Waals surface area contributed by atoms with E-state index in [1.807, 2.05) is 0 Å². The second-order valence-corrected chi connectivity index (χ2v) is 6.49. The molecule has 1 aromatic carbocycles. The number of aliphatic hydroxyl groups excluding tert-OH is 1. The molecule has 0 radical (unpaired) electrons. The van der Waals surface area contributed by atoms with Crippen LogP contribution in [-0.2, 0) is 14.3 Å². The van der Waals surface area contributed by atoms with Crippen LogP contribution in [0.1, 0.15) is 16.8 Å². The van der Waals surface area contributed by atoms with E-state index in [2.05, 4.69) is 5.32 Å². The van der Waals surface area contributed by atoms with E-state index in [1.165, 1.54) is 18.2 Å². The Morgan fingerprint density at radius 1 is 1.26 bits per heavy atom. The highest BCUT2D eigenvalue weighted by Gasteiger charge is 2.30. The molecule has 3 rings (SSSR count). The normalized spacial score (nSPS) is 25.3. The van der Waals surface area contributed by atoms with Crippen molar-refractivity contribution in [2.45, 2.75) is 24.7 Å². The summed E-state index contributed by atoms with van der Waals surface area (Å²) < 4.78 is 24.3. The molecule has 7 nitrogen and oxygen atoms in total. The van der Waals surface area contributed by atoms with Gasteiger partial charge in [0.2, 0.25) is 5.91 Å². The number of ether oxygens (including phenoxy) is 2. The lowest BCUT2D eigenvalue weighted by atomic mass is 10.0. The van der Waals surface area contributed by atoms with Crippen LogP contribution in [-0.4, -0.2) is 73.0 Å². The summed E-state index contributed by atoms with van der Waals surface area (Å²) in [7, 11) is 0. The van der Waals surface area contributed by atoms with Gasteiger partial charge in [-0.3, -0.25) is 9.59 Å². The minimum Gasteiger partial charge on any atom is -0.394 e. The Hall–Kier alpha value is -2.29. The molecule has 0 spiro atoms. The highest BCUT2D eigenvalue weighted by Crippen LogP contribution is 2.17. The molecule has 2 amide bonds. The van der Waals surface area contributed by atoms with Crippen molar-refractivity contribution in [2.75, 3.05) is 32.9 Å². The molecule has 146 valence electrons. The zero-order valence-electron chi connectivity index (χ0n) is 14.8. The molecule has 1 aromatic rings. The molecule has 1 fully saturated rings. The number of hydrogen-bond acceptors (Lipinski definition) is 5. The van der Waals surface area contributed by atoms with Gasteiger partial charge in [-0.2, -0.15) is 0 Å². The third-order valence-corrected chi connectivity index (χ3v) is 4.59. The lowest BCUT2D eigenvalue weighted by molar-refractivity contribution is -0.139. The largest absolute Gasteiger partial charge is 0.394 e. The maximum absolute atomic E-state index is 13.3. The zero-order chi connectivity index (χ0) is 19.2. The number of halogens is 1. The maximum atomic E-state index is 13.3. The van der Waals surface area contributed by atoms with Gasteiger partial charge in [-0.1, -0.05) is 18.2 Å². The second kappa shape index (κ2) is 9.07. The van der Waals surface area contributed by atoms with E-state index in [9.17, 15) is 19.1 Å². The van der Waals surface area contributed by atoms with Crippen molar-refractivity contribution < 1.29 is 28.6 Å². The lowest BCUT2D eigenvalue weighted by Gasteiger charge is -2.33. The van der Waals surface area contributed by atoms with Crippen LogP contribution in [0.3, 0.4) is 0 Å². The molecule has 2 N–H and O–H groups in total. The van der Waals surface area contributed by atoms with Crippen molar-refractivity contribution in [3.8, 4) is 0 Å². The van der Waals surface area contributed by atoms with Gasteiger partial charge in [0.1, 0.15) is 11.9 Å². The van der Waals surface area contributed by atoms with Gasteiger partial charge in [-0.05, 0) is 18.2 Å². The quantitative estimate of drug-likeness (QED) is 0.728. The third-order valence-electron chi connectivity index (χ3n) is 4.59. The molecule has 3 atom stereocenters. The van der Waals surface area contributed by atoms with E-state index >= 15 is 0 Å². The Bertz CT molecular complexity index is 705. The van der Waals surface area contributed by atoms with Crippen LogP contribution >= 0.6 is 0 Å². The smallest absolute Gasteiger partial charge is 0.251 e. The molecule has 0 unspecified atom stereocenters. The van der Waals surface area contributed by atoms with Gasteiger partial charge in [0.05, 0.1) is 38.4 Å². The van der Waals surface area contributed by atoms with E-state index in [0.29, 0.717) is 26.3 Å². The number of nitrogens with one attached hydrogen (secondary N) is 1. The van der Waals surface area contributed by atoms with Gasteiger partial charge < -0.3 is 24.8 Å². The first-order valence-corrected chi connectivity index (χ1v) is 8.93. The fraction of sp³-hybridized carbons (Fsp3) is 0.474. The minimum absolute atomic E-state index is 0.0353. The van der Waals surface area contributed by atoms with Crippen molar-refractivity contribution in [1.29, 1.82) is 0 Å². The van der Waals surface area contributed by atoms with Crippen molar-refractivity contribution in [3.05, 3.63) is 47.8 Å². The topological polar surface area (TPSA) is 88.1 Å². The Labute approximate surface area is 156 Å². The summed E-state index contributed by atoms with van der Waals surface area (Å²) in [5, 5.41) is 12.3. The Morgan fingerprint density at radius 2 is 2.04 bits per heavy atom. The summed E-state index contributed by atoms with van der Waals surface area (Å²) in [5.41, 5.74) is 0.185. The van der Waals surface area contributed by atoms with Gasteiger partial charge >= 0.3 is 0 Å². The van der Waals surface area contributed by atoms with Gasteiger partial charge in [0, 0.05) is 18.7 Å². The molecule has 0 saturated carbocycles. The molecule has 2 aliphatic heterocycles. The molecule has 0 aromatic heterocycles.